The Labute approximate surface area is 182 Å². The molecule has 3 rings (SSSR count). The van der Waals surface area contributed by atoms with Crippen molar-refractivity contribution in [1.82, 2.24) is 20.4 Å². The Bertz CT molecular complexity index is 801. The van der Waals surface area contributed by atoms with Gasteiger partial charge in [0.2, 0.25) is 5.91 Å². The number of carbonyl (C=O) groups excluding carboxylic acids is 4. The van der Waals surface area contributed by atoms with E-state index in [0.717, 1.165) is 18.4 Å². The van der Waals surface area contributed by atoms with Crippen LogP contribution in [0.1, 0.15) is 32.3 Å². The number of benzene rings is 1. The predicted octanol–water partition coefficient (Wildman–Crippen LogP) is 0.887. The van der Waals surface area contributed by atoms with E-state index in [4.69, 9.17) is 4.74 Å². The van der Waals surface area contributed by atoms with E-state index in [1.54, 1.807) is 4.90 Å². The van der Waals surface area contributed by atoms with Crippen molar-refractivity contribution in [2.24, 2.45) is 5.92 Å². The summed E-state index contributed by atoms with van der Waals surface area (Å²) in [5.74, 6) is -1.49. The fourth-order valence-corrected chi connectivity index (χ4v) is 3.35. The number of hydrogen-bond acceptors (Lipinski definition) is 5. The monoisotopic (exact) mass is 430 g/mol. The molecule has 168 valence electrons. The van der Waals surface area contributed by atoms with E-state index in [9.17, 15) is 19.2 Å². The molecular weight excluding hydrogens is 400 g/mol. The molecule has 2 fully saturated rings. The average molecular weight is 431 g/mol. The Morgan fingerprint density at radius 1 is 1.00 bits per heavy atom. The summed E-state index contributed by atoms with van der Waals surface area (Å²) in [5.41, 5.74) is 0.858. The number of amides is 4. The molecule has 1 aliphatic carbocycles. The van der Waals surface area contributed by atoms with Gasteiger partial charge in [0.1, 0.15) is 12.6 Å². The molecule has 1 atom stereocenters. The predicted molar refractivity (Wildman–Crippen MR) is 113 cm³/mol. The maximum Gasteiger partial charge on any atom is 0.408 e. The number of carbonyl (C=O) groups is 4. The van der Waals surface area contributed by atoms with Crippen LogP contribution in [0.3, 0.4) is 0 Å². The third-order valence-electron chi connectivity index (χ3n) is 5.40. The lowest BCUT2D eigenvalue weighted by molar-refractivity contribution is -0.149. The van der Waals surface area contributed by atoms with Crippen molar-refractivity contribution < 1.29 is 23.9 Å². The van der Waals surface area contributed by atoms with E-state index in [1.165, 1.54) is 4.90 Å². The van der Waals surface area contributed by atoms with Gasteiger partial charge in [0.05, 0.1) is 0 Å². The SMILES string of the molecule is CC(C)[C@H](NC(=O)OCc1ccccc1)C(=O)N1CCN(C(=O)C(=O)NC2CC2)CC1. The molecule has 0 bridgehead atoms. The smallest absolute Gasteiger partial charge is 0.408 e. The molecule has 0 spiro atoms. The highest BCUT2D eigenvalue weighted by molar-refractivity contribution is 6.35. The quantitative estimate of drug-likeness (QED) is 0.652. The van der Waals surface area contributed by atoms with E-state index in [-0.39, 0.29) is 37.6 Å². The zero-order chi connectivity index (χ0) is 22.4. The van der Waals surface area contributed by atoms with Crippen LogP contribution in [0.5, 0.6) is 0 Å². The molecule has 2 aliphatic rings. The first-order valence-electron chi connectivity index (χ1n) is 10.7. The number of hydrogen-bond donors (Lipinski definition) is 2. The van der Waals surface area contributed by atoms with Crippen LogP contribution in [0.25, 0.3) is 0 Å². The van der Waals surface area contributed by atoms with Gasteiger partial charge in [0.25, 0.3) is 0 Å². The van der Waals surface area contributed by atoms with Gasteiger partial charge in [-0.25, -0.2) is 4.79 Å². The third-order valence-corrected chi connectivity index (χ3v) is 5.40. The van der Waals surface area contributed by atoms with Gasteiger partial charge >= 0.3 is 17.9 Å². The van der Waals surface area contributed by atoms with Gasteiger partial charge in [0.15, 0.2) is 0 Å². The van der Waals surface area contributed by atoms with Crippen LogP contribution in [0.15, 0.2) is 30.3 Å². The Hall–Kier alpha value is -3.10. The molecule has 1 saturated heterocycles. The van der Waals surface area contributed by atoms with Crippen LogP contribution in [0, 0.1) is 5.92 Å². The fraction of sp³-hybridized carbons (Fsp3) is 0.545. The first-order valence-corrected chi connectivity index (χ1v) is 10.7. The maximum absolute atomic E-state index is 13.0. The number of rotatable bonds is 6. The topological polar surface area (TPSA) is 108 Å². The van der Waals surface area contributed by atoms with Gasteiger partial charge in [-0.15, -0.1) is 0 Å². The minimum atomic E-state index is -0.733. The largest absolute Gasteiger partial charge is 0.445 e. The first-order chi connectivity index (χ1) is 14.8. The van der Waals surface area contributed by atoms with Crippen molar-refractivity contribution in [3.05, 3.63) is 35.9 Å². The van der Waals surface area contributed by atoms with Crippen molar-refractivity contribution in [3.8, 4) is 0 Å². The number of nitrogens with zero attached hydrogens (tertiary/aromatic N) is 2. The lowest BCUT2D eigenvalue weighted by Crippen LogP contribution is -2.58. The van der Waals surface area contributed by atoms with Crippen LogP contribution in [0.4, 0.5) is 4.79 Å². The summed E-state index contributed by atoms with van der Waals surface area (Å²) in [4.78, 5) is 52.5. The standard InChI is InChI=1S/C22H30N4O5/c1-15(2)18(24-22(30)31-14-16-6-4-3-5-7-16)20(28)25-10-12-26(13-11-25)21(29)19(27)23-17-8-9-17/h3-7,15,17-18H,8-14H2,1-2H3,(H,23,27)(H,24,30)/t18-/m0/s1. The highest BCUT2D eigenvalue weighted by atomic mass is 16.5. The summed E-state index contributed by atoms with van der Waals surface area (Å²) in [6.45, 7) is 5.01. The van der Waals surface area contributed by atoms with E-state index < -0.39 is 23.9 Å². The fourth-order valence-electron chi connectivity index (χ4n) is 3.35. The normalized spacial score (nSPS) is 17.1. The molecule has 0 radical (unpaired) electrons. The molecular formula is C22H30N4O5. The maximum atomic E-state index is 13.0. The minimum absolute atomic E-state index is 0.120. The van der Waals surface area contributed by atoms with Gasteiger partial charge in [-0.05, 0) is 24.3 Å². The highest BCUT2D eigenvalue weighted by Gasteiger charge is 2.34. The Kier molecular flexibility index (Phi) is 7.49. The first kappa shape index (κ1) is 22.6. The summed E-state index contributed by atoms with van der Waals surface area (Å²) in [7, 11) is 0. The number of nitrogens with one attached hydrogen (secondary N) is 2. The van der Waals surface area contributed by atoms with E-state index >= 15 is 0 Å². The zero-order valence-electron chi connectivity index (χ0n) is 18.0. The second-order valence-corrected chi connectivity index (χ2v) is 8.29. The zero-order valence-corrected chi connectivity index (χ0v) is 18.0. The Balaban J connectivity index is 1.47. The van der Waals surface area contributed by atoms with Crippen LogP contribution >= 0.6 is 0 Å². The number of piperazine rings is 1. The van der Waals surface area contributed by atoms with Crippen LogP contribution in [-0.2, 0) is 25.7 Å². The van der Waals surface area contributed by atoms with Gasteiger partial charge < -0.3 is 25.2 Å². The molecule has 1 aromatic rings. The van der Waals surface area contributed by atoms with Crippen molar-refractivity contribution in [2.45, 2.75) is 45.4 Å². The summed E-state index contributed by atoms with van der Waals surface area (Å²) in [6, 6.07) is 8.69. The summed E-state index contributed by atoms with van der Waals surface area (Å²) in [6.07, 6.45) is 1.18. The lowest BCUT2D eigenvalue weighted by atomic mass is 10.0. The van der Waals surface area contributed by atoms with E-state index in [0.29, 0.717) is 13.1 Å². The van der Waals surface area contributed by atoms with Gasteiger partial charge in [-0.3, -0.25) is 14.4 Å². The summed E-state index contributed by atoms with van der Waals surface area (Å²) < 4.78 is 5.24. The highest BCUT2D eigenvalue weighted by Crippen LogP contribution is 2.18. The third kappa shape index (κ3) is 6.44. The van der Waals surface area contributed by atoms with Crippen molar-refractivity contribution in [3.63, 3.8) is 0 Å². The summed E-state index contributed by atoms with van der Waals surface area (Å²) >= 11 is 0. The molecule has 1 heterocycles. The molecule has 4 amide bonds. The Morgan fingerprint density at radius 2 is 1.61 bits per heavy atom. The molecule has 1 saturated carbocycles. The average Bonchev–Trinajstić information content (AvgIpc) is 3.59. The molecule has 9 nitrogen and oxygen atoms in total. The molecule has 0 aromatic heterocycles. The van der Waals surface area contributed by atoms with Gasteiger partial charge in [-0.1, -0.05) is 44.2 Å². The van der Waals surface area contributed by atoms with Gasteiger partial charge in [-0.2, -0.15) is 0 Å². The van der Waals surface area contributed by atoms with Crippen molar-refractivity contribution in [2.75, 3.05) is 26.2 Å². The van der Waals surface area contributed by atoms with Gasteiger partial charge in [0, 0.05) is 32.2 Å². The molecule has 1 aromatic carbocycles. The van der Waals surface area contributed by atoms with Crippen LogP contribution in [-0.4, -0.2) is 71.9 Å². The van der Waals surface area contributed by atoms with E-state index in [1.807, 2.05) is 44.2 Å². The van der Waals surface area contributed by atoms with E-state index in [2.05, 4.69) is 10.6 Å². The molecule has 2 N–H and O–H groups in total. The molecule has 9 heteroatoms. The Morgan fingerprint density at radius 3 is 2.19 bits per heavy atom. The minimum Gasteiger partial charge on any atom is -0.445 e. The molecule has 0 unspecified atom stereocenters. The molecule has 1 aliphatic heterocycles. The molecule has 31 heavy (non-hydrogen) atoms. The lowest BCUT2D eigenvalue weighted by Gasteiger charge is -2.36. The number of ether oxygens (including phenoxy) is 1. The van der Waals surface area contributed by atoms with Crippen molar-refractivity contribution in [1.29, 1.82) is 0 Å². The second kappa shape index (κ2) is 10.3. The second-order valence-electron chi connectivity index (χ2n) is 8.29. The van der Waals surface area contributed by atoms with Crippen LogP contribution < -0.4 is 10.6 Å². The van der Waals surface area contributed by atoms with Crippen molar-refractivity contribution >= 4 is 23.8 Å². The number of alkyl carbamates (subject to hydrolysis) is 1. The van der Waals surface area contributed by atoms with Crippen LogP contribution in [0.2, 0.25) is 0 Å². The summed E-state index contributed by atoms with van der Waals surface area (Å²) in [5, 5.41) is 5.36.